The third-order valence-corrected chi connectivity index (χ3v) is 5.95. The van der Waals surface area contributed by atoms with Gasteiger partial charge in [-0.25, -0.2) is 0 Å². The van der Waals surface area contributed by atoms with Gasteiger partial charge in [-0.05, 0) is 12.1 Å². The summed E-state index contributed by atoms with van der Waals surface area (Å²) in [5.74, 6) is -3.08. The van der Waals surface area contributed by atoms with Crippen molar-refractivity contribution >= 4 is 59.4 Å². The average molecular weight is 543 g/mol. The number of nitrogens with one attached hydrogen (secondary N) is 1. The summed E-state index contributed by atoms with van der Waals surface area (Å²) in [6, 6.07) is 5.59. The van der Waals surface area contributed by atoms with E-state index in [4.69, 9.17) is 4.55 Å². The Morgan fingerprint density at radius 3 is 2.14 bits per heavy atom. The monoisotopic (exact) mass is 543 g/mol. The van der Waals surface area contributed by atoms with Crippen LogP contribution in [0, 0.1) is 20.2 Å². The van der Waals surface area contributed by atoms with Crippen molar-refractivity contribution in [1.82, 2.24) is 0 Å². The fraction of sp³-hybridized carbons (Fsp3) is 0.0588. The van der Waals surface area contributed by atoms with Gasteiger partial charge < -0.3 is 15.5 Å². The summed E-state index contributed by atoms with van der Waals surface area (Å²) in [6.07, 6.45) is 0. The van der Waals surface area contributed by atoms with Gasteiger partial charge in [-0.15, -0.1) is 10.2 Å². The SMILES string of the molecule is O=[N+]([O-])c1cc(N=Nc2c(O)cc3c(NCS(=O)(=O)O)cccc3c2S(=O)(=O)O)c(O)c([N+](=O)[O-])c1. The van der Waals surface area contributed by atoms with Crippen LogP contribution in [-0.4, -0.2) is 51.9 Å². The zero-order chi connectivity index (χ0) is 27.0. The molecular weight excluding hydrogens is 530 g/mol. The highest BCUT2D eigenvalue weighted by molar-refractivity contribution is 7.86. The van der Waals surface area contributed by atoms with Crippen LogP contribution in [0.2, 0.25) is 0 Å². The van der Waals surface area contributed by atoms with Crippen molar-refractivity contribution < 1.29 is 46.0 Å². The van der Waals surface area contributed by atoms with E-state index in [-0.39, 0.29) is 16.5 Å². The Hall–Kier alpha value is -4.46. The first-order valence-corrected chi connectivity index (χ1v) is 12.2. The maximum absolute atomic E-state index is 12.2. The molecule has 0 saturated carbocycles. The third kappa shape index (κ3) is 5.43. The number of anilines is 1. The van der Waals surface area contributed by atoms with E-state index in [2.05, 4.69) is 15.5 Å². The molecule has 190 valence electrons. The molecule has 0 heterocycles. The van der Waals surface area contributed by atoms with Gasteiger partial charge in [0.15, 0.2) is 0 Å². The Kier molecular flexibility index (Phi) is 6.75. The highest BCUT2D eigenvalue weighted by Gasteiger charge is 2.27. The van der Waals surface area contributed by atoms with E-state index in [1.807, 2.05) is 0 Å². The smallest absolute Gasteiger partial charge is 0.319 e. The Labute approximate surface area is 200 Å². The van der Waals surface area contributed by atoms with E-state index < -0.39 is 75.1 Å². The van der Waals surface area contributed by atoms with E-state index in [0.29, 0.717) is 12.1 Å². The Morgan fingerprint density at radius 2 is 1.58 bits per heavy atom. The quantitative estimate of drug-likeness (QED) is 0.118. The Morgan fingerprint density at radius 1 is 0.917 bits per heavy atom. The van der Waals surface area contributed by atoms with Gasteiger partial charge in [-0.1, -0.05) is 12.1 Å². The number of aromatic hydroxyl groups is 2. The number of hydrogen-bond donors (Lipinski definition) is 5. The lowest BCUT2D eigenvalue weighted by molar-refractivity contribution is -0.394. The predicted octanol–water partition coefficient (Wildman–Crippen LogP) is 2.99. The van der Waals surface area contributed by atoms with E-state index in [9.17, 15) is 51.8 Å². The number of hydrogen-bond acceptors (Lipinski definition) is 13. The van der Waals surface area contributed by atoms with Crippen molar-refractivity contribution in [2.24, 2.45) is 10.2 Å². The summed E-state index contributed by atoms with van der Waals surface area (Å²) in [5, 5.41) is 51.3. The third-order valence-electron chi connectivity index (χ3n) is 4.51. The molecule has 17 nitrogen and oxygen atoms in total. The molecule has 0 aliphatic heterocycles. The van der Waals surface area contributed by atoms with Crippen molar-refractivity contribution in [3.05, 3.63) is 56.6 Å². The molecule has 0 aliphatic rings. The standard InChI is InChI=1S/C17H13N5O12S2/c23-14-6-10-9(2-1-3-11(10)18-7-35(29,30)31)17(36(32,33)34)15(14)20-19-12-4-8(21(25)26)5-13(16(12)24)22(27)28/h1-6,18,23-24H,7H2,(H,29,30,31)(H,32,33,34). The first-order chi connectivity index (χ1) is 16.6. The highest BCUT2D eigenvalue weighted by Crippen LogP contribution is 2.45. The van der Waals surface area contributed by atoms with Crippen molar-refractivity contribution in [3.8, 4) is 11.5 Å². The molecule has 0 unspecified atom stereocenters. The number of nitro benzene ring substituents is 2. The first-order valence-electron chi connectivity index (χ1n) is 9.13. The largest absolute Gasteiger partial charge is 0.506 e. The maximum Gasteiger partial charge on any atom is 0.319 e. The molecule has 0 aromatic heterocycles. The minimum Gasteiger partial charge on any atom is -0.506 e. The lowest BCUT2D eigenvalue weighted by Gasteiger charge is -2.13. The molecule has 0 amide bonds. The molecule has 36 heavy (non-hydrogen) atoms. The molecule has 0 aliphatic carbocycles. The van der Waals surface area contributed by atoms with E-state index in [1.165, 1.54) is 12.1 Å². The molecule has 0 spiro atoms. The number of fused-ring (bicyclic) bond motifs is 1. The number of rotatable bonds is 8. The topological polar surface area (TPSA) is 272 Å². The molecule has 3 rings (SSSR count). The predicted molar refractivity (Wildman–Crippen MR) is 121 cm³/mol. The molecule has 0 atom stereocenters. The van der Waals surface area contributed by atoms with Crippen molar-refractivity contribution in [1.29, 1.82) is 0 Å². The number of non-ortho nitro benzene ring substituents is 1. The summed E-state index contributed by atoms with van der Waals surface area (Å²) in [4.78, 5) is 19.0. The fourth-order valence-electron chi connectivity index (χ4n) is 3.06. The van der Waals surface area contributed by atoms with Crippen LogP contribution >= 0.6 is 0 Å². The second kappa shape index (κ2) is 9.30. The molecule has 3 aromatic rings. The Balaban J connectivity index is 2.28. The van der Waals surface area contributed by atoms with Crippen LogP contribution in [0.15, 0.2) is 51.5 Å². The minimum absolute atomic E-state index is 0.0826. The summed E-state index contributed by atoms with van der Waals surface area (Å²) in [5.41, 5.74) is -3.79. The van der Waals surface area contributed by atoms with Crippen molar-refractivity contribution in [2.75, 3.05) is 11.2 Å². The van der Waals surface area contributed by atoms with Gasteiger partial charge in [0.2, 0.25) is 5.75 Å². The fourth-order valence-corrected chi connectivity index (χ4v) is 4.25. The van der Waals surface area contributed by atoms with Gasteiger partial charge in [0, 0.05) is 22.5 Å². The molecule has 0 radical (unpaired) electrons. The van der Waals surface area contributed by atoms with Gasteiger partial charge in [0.1, 0.15) is 27.9 Å². The highest BCUT2D eigenvalue weighted by atomic mass is 32.2. The second-order valence-corrected chi connectivity index (χ2v) is 9.71. The minimum atomic E-state index is -5.19. The normalized spacial score (nSPS) is 12.2. The summed E-state index contributed by atoms with van der Waals surface area (Å²) < 4.78 is 65.2. The number of phenols is 2. The number of azo groups is 1. The zero-order valence-electron chi connectivity index (χ0n) is 17.3. The molecule has 3 aromatic carbocycles. The van der Waals surface area contributed by atoms with Crippen LogP contribution in [0.5, 0.6) is 11.5 Å². The van der Waals surface area contributed by atoms with Crippen LogP contribution in [0.3, 0.4) is 0 Å². The number of nitrogens with zero attached hydrogens (tertiary/aromatic N) is 4. The molecule has 5 N–H and O–H groups in total. The summed E-state index contributed by atoms with van der Waals surface area (Å²) in [7, 11) is -9.69. The van der Waals surface area contributed by atoms with Gasteiger partial charge in [0.05, 0.1) is 15.9 Å². The number of benzene rings is 3. The number of phenolic OH excluding ortho intramolecular Hbond substituents is 2. The zero-order valence-corrected chi connectivity index (χ0v) is 19.0. The van der Waals surface area contributed by atoms with Crippen molar-refractivity contribution in [3.63, 3.8) is 0 Å². The van der Waals surface area contributed by atoms with Crippen LogP contribution in [0.1, 0.15) is 0 Å². The van der Waals surface area contributed by atoms with Gasteiger partial charge >= 0.3 is 5.69 Å². The van der Waals surface area contributed by atoms with E-state index >= 15 is 0 Å². The van der Waals surface area contributed by atoms with E-state index in [0.717, 1.165) is 12.1 Å². The van der Waals surface area contributed by atoms with Crippen LogP contribution < -0.4 is 5.32 Å². The number of nitro groups is 2. The first kappa shape index (κ1) is 26.2. The lowest BCUT2D eigenvalue weighted by atomic mass is 10.1. The maximum atomic E-state index is 12.2. The molecule has 19 heteroatoms. The van der Waals surface area contributed by atoms with Crippen LogP contribution in [-0.2, 0) is 20.2 Å². The molecular formula is C17H13N5O12S2. The van der Waals surface area contributed by atoms with Crippen LogP contribution in [0.4, 0.5) is 28.4 Å². The van der Waals surface area contributed by atoms with Crippen LogP contribution in [0.25, 0.3) is 10.8 Å². The average Bonchev–Trinajstić information content (AvgIpc) is 2.75. The summed E-state index contributed by atoms with van der Waals surface area (Å²) >= 11 is 0. The molecule has 0 bridgehead atoms. The second-order valence-electron chi connectivity index (χ2n) is 6.90. The lowest BCUT2D eigenvalue weighted by Crippen LogP contribution is -2.13. The van der Waals surface area contributed by atoms with E-state index in [1.54, 1.807) is 0 Å². The summed E-state index contributed by atoms with van der Waals surface area (Å²) in [6.45, 7) is 0. The van der Waals surface area contributed by atoms with Gasteiger partial charge in [0.25, 0.3) is 25.9 Å². The Bertz CT molecular complexity index is 1670. The van der Waals surface area contributed by atoms with Gasteiger partial charge in [-0.2, -0.15) is 16.8 Å². The van der Waals surface area contributed by atoms with Gasteiger partial charge in [-0.3, -0.25) is 29.3 Å². The van der Waals surface area contributed by atoms with Crippen molar-refractivity contribution in [2.45, 2.75) is 4.90 Å². The molecule has 0 saturated heterocycles. The molecule has 0 fully saturated rings.